The fraction of sp³-hybridized carbons (Fsp3) is 0.552. The summed E-state index contributed by atoms with van der Waals surface area (Å²) < 4.78 is 45.1. The molecule has 3 aromatic rings. The number of imide groups is 1. The Bertz CT molecular complexity index is 1420. The molecule has 2 atom stereocenters. The van der Waals surface area contributed by atoms with Crippen molar-refractivity contribution in [3.63, 3.8) is 0 Å². The molecule has 0 N–H and O–H groups in total. The summed E-state index contributed by atoms with van der Waals surface area (Å²) in [4.78, 5) is 40.2. The average Bonchev–Trinajstić information content (AvgIpc) is 3.37. The lowest BCUT2D eigenvalue weighted by Gasteiger charge is -2.17. The number of carbonyl (C=O) groups excluding carboxylic acids is 2. The van der Waals surface area contributed by atoms with Crippen LogP contribution in [0.4, 0.5) is 0 Å². The highest BCUT2D eigenvalue weighted by Gasteiger charge is 2.49. The van der Waals surface area contributed by atoms with Gasteiger partial charge >= 0.3 is 5.63 Å². The second-order valence-corrected chi connectivity index (χ2v) is 9.94. The van der Waals surface area contributed by atoms with Crippen molar-refractivity contribution in [2.45, 2.75) is 39.5 Å². The molecule has 222 valence electrons. The Morgan fingerprint density at radius 2 is 1.15 bits per heavy atom. The molecular formula is C29H35NO11. The van der Waals surface area contributed by atoms with E-state index in [0.717, 1.165) is 21.2 Å². The van der Waals surface area contributed by atoms with Crippen molar-refractivity contribution in [3.8, 4) is 0 Å². The zero-order chi connectivity index (χ0) is 28.9. The van der Waals surface area contributed by atoms with Crippen LogP contribution in [0, 0.1) is 20.8 Å². The normalized spacial score (nSPS) is 22.7. The molecule has 41 heavy (non-hydrogen) atoms. The van der Waals surface area contributed by atoms with Gasteiger partial charge in [0.05, 0.1) is 72.6 Å². The van der Waals surface area contributed by atoms with E-state index in [0.29, 0.717) is 67.7 Å². The first kappa shape index (κ1) is 29.4. The molecule has 12 nitrogen and oxygen atoms in total. The van der Waals surface area contributed by atoms with Gasteiger partial charge in [-0.3, -0.25) is 14.5 Å². The van der Waals surface area contributed by atoms with E-state index in [4.69, 9.17) is 37.3 Å². The smallest absolute Gasteiger partial charge is 0.336 e. The molecule has 0 aliphatic carbocycles. The van der Waals surface area contributed by atoms with Crippen molar-refractivity contribution < 1.29 is 46.8 Å². The molecule has 0 radical (unpaired) electrons. The molecule has 0 spiro atoms. The second-order valence-electron chi connectivity index (χ2n) is 9.94. The van der Waals surface area contributed by atoms with Gasteiger partial charge in [0.1, 0.15) is 16.9 Å². The zero-order valence-corrected chi connectivity index (χ0v) is 23.5. The number of carbonyl (C=O) groups is 2. The molecule has 2 aliphatic rings. The fourth-order valence-electron chi connectivity index (χ4n) is 5.08. The monoisotopic (exact) mass is 573 g/mol. The summed E-state index contributed by atoms with van der Waals surface area (Å²) in [6.45, 7) is 8.46. The standard InChI is InChI=1S/C29H35NO11/c1-17-14-23(31)41-24-18(2)25-21(15-20(17)24)22(19(3)40-25)16-30-28(32)26-27(29(30)33)39-13-11-37-9-7-35-5-4-34-6-8-36-10-12-38-26/h14-15,26-27H,4-13,16H2,1-3H3/t26-,27-/m1/s1. The highest BCUT2D eigenvalue weighted by Crippen LogP contribution is 2.36. The predicted molar refractivity (Wildman–Crippen MR) is 145 cm³/mol. The van der Waals surface area contributed by atoms with E-state index >= 15 is 0 Å². The number of hydrogen-bond donors (Lipinski definition) is 0. The highest BCUT2D eigenvalue weighted by molar-refractivity contribution is 6.08. The Labute approximate surface area is 236 Å². The molecule has 2 amide bonds. The molecule has 12 heteroatoms. The van der Waals surface area contributed by atoms with Crippen LogP contribution >= 0.6 is 0 Å². The second kappa shape index (κ2) is 13.2. The van der Waals surface area contributed by atoms with Crippen molar-refractivity contribution in [2.24, 2.45) is 0 Å². The van der Waals surface area contributed by atoms with Crippen molar-refractivity contribution in [2.75, 3.05) is 66.1 Å². The van der Waals surface area contributed by atoms with Crippen LogP contribution in [-0.2, 0) is 44.6 Å². The van der Waals surface area contributed by atoms with Gasteiger partial charge in [-0.05, 0) is 32.4 Å². The largest absolute Gasteiger partial charge is 0.461 e. The van der Waals surface area contributed by atoms with Crippen LogP contribution in [0.15, 0.2) is 25.8 Å². The van der Waals surface area contributed by atoms with Crippen LogP contribution in [0.5, 0.6) is 0 Å². The van der Waals surface area contributed by atoms with Crippen LogP contribution in [0.1, 0.15) is 22.5 Å². The summed E-state index contributed by atoms with van der Waals surface area (Å²) in [6, 6.07) is 3.30. The summed E-state index contributed by atoms with van der Waals surface area (Å²) >= 11 is 0. The van der Waals surface area contributed by atoms with Crippen molar-refractivity contribution in [3.05, 3.63) is 45.0 Å². The van der Waals surface area contributed by atoms with Crippen LogP contribution in [0.2, 0.25) is 0 Å². The fourth-order valence-corrected chi connectivity index (χ4v) is 5.08. The van der Waals surface area contributed by atoms with E-state index in [-0.39, 0.29) is 33.0 Å². The maximum absolute atomic E-state index is 13.5. The van der Waals surface area contributed by atoms with Gasteiger partial charge < -0.3 is 37.3 Å². The number of ether oxygens (including phenoxy) is 6. The molecule has 2 fully saturated rings. The Morgan fingerprint density at radius 3 is 1.68 bits per heavy atom. The first-order chi connectivity index (χ1) is 19.9. The van der Waals surface area contributed by atoms with Gasteiger partial charge in [0.2, 0.25) is 0 Å². The number of benzene rings is 1. The van der Waals surface area contributed by atoms with Crippen LogP contribution < -0.4 is 5.63 Å². The van der Waals surface area contributed by atoms with Gasteiger partial charge in [0, 0.05) is 28.0 Å². The predicted octanol–water partition coefficient (Wildman–Crippen LogP) is 2.18. The molecule has 0 unspecified atom stereocenters. The average molecular weight is 574 g/mol. The lowest BCUT2D eigenvalue weighted by atomic mass is 10.0. The van der Waals surface area contributed by atoms with Crippen molar-refractivity contribution in [1.82, 2.24) is 4.90 Å². The van der Waals surface area contributed by atoms with Gasteiger partial charge in [0.15, 0.2) is 12.2 Å². The first-order valence-electron chi connectivity index (χ1n) is 13.7. The van der Waals surface area contributed by atoms with E-state index < -0.39 is 29.6 Å². The minimum Gasteiger partial charge on any atom is -0.461 e. The van der Waals surface area contributed by atoms with Crippen molar-refractivity contribution in [1.29, 1.82) is 0 Å². The number of aryl methyl sites for hydroxylation is 3. The minimum atomic E-state index is -1.12. The Balaban J connectivity index is 1.38. The minimum absolute atomic E-state index is 0.0291. The van der Waals surface area contributed by atoms with Gasteiger partial charge in [-0.15, -0.1) is 0 Å². The summed E-state index contributed by atoms with van der Waals surface area (Å²) in [7, 11) is 0. The Morgan fingerprint density at radius 1 is 0.659 bits per heavy atom. The summed E-state index contributed by atoms with van der Waals surface area (Å²) in [6.07, 6.45) is -2.25. The van der Waals surface area contributed by atoms with E-state index in [9.17, 15) is 14.4 Å². The molecule has 2 aliphatic heterocycles. The summed E-state index contributed by atoms with van der Waals surface area (Å²) in [5, 5.41) is 1.49. The van der Waals surface area contributed by atoms with E-state index in [2.05, 4.69) is 0 Å². The topological polar surface area (TPSA) is 136 Å². The third-order valence-corrected chi connectivity index (χ3v) is 7.20. The molecule has 0 bridgehead atoms. The number of hydrogen-bond acceptors (Lipinski definition) is 11. The van der Waals surface area contributed by atoms with Crippen LogP contribution in [0.3, 0.4) is 0 Å². The molecule has 4 heterocycles. The first-order valence-corrected chi connectivity index (χ1v) is 13.7. The Kier molecular flexibility index (Phi) is 9.48. The van der Waals surface area contributed by atoms with E-state index in [1.165, 1.54) is 6.07 Å². The number of nitrogens with zero attached hydrogens (tertiary/aromatic N) is 1. The third-order valence-electron chi connectivity index (χ3n) is 7.20. The third kappa shape index (κ3) is 6.37. The van der Waals surface area contributed by atoms with Gasteiger partial charge in [0.25, 0.3) is 11.8 Å². The molecule has 2 saturated heterocycles. The van der Waals surface area contributed by atoms with Gasteiger partial charge in [-0.2, -0.15) is 0 Å². The van der Waals surface area contributed by atoms with Crippen LogP contribution in [0.25, 0.3) is 21.9 Å². The van der Waals surface area contributed by atoms with Gasteiger partial charge in [-0.1, -0.05) is 0 Å². The lowest BCUT2D eigenvalue weighted by molar-refractivity contribution is -0.143. The molecular weight excluding hydrogens is 538 g/mol. The Hall–Kier alpha value is -3.13. The SMILES string of the molecule is Cc1oc2c(C)c3oc(=O)cc(C)c3cc2c1CN1C(=O)[C@@H]2OCCOCCOCCOCCOCCO[C@H]2C1=O. The van der Waals surface area contributed by atoms with E-state index in [1.807, 2.05) is 19.9 Å². The van der Waals surface area contributed by atoms with Crippen LogP contribution in [-0.4, -0.2) is 95.0 Å². The quantitative estimate of drug-likeness (QED) is 0.330. The zero-order valence-electron chi connectivity index (χ0n) is 23.5. The molecule has 1 aromatic carbocycles. The maximum Gasteiger partial charge on any atom is 0.336 e. The molecule has 5 rings (SSSR count). The summed E-state index contributed by atoms with van der Waals surface area (Å²) in [5.74, 6) is -0.453. The number of furan rings is 1. The van der Waals surface area contributed by atoms with E-state index in [1.54, 1.807) is 6.92 Å². The molecule has 0 saturated carbocycles. The number of rotatable bonds is 2. The molecule has 2 aromatic heterocycles. The maximum atomic E-state index is 13.5. The highest BCUT2D eigenvalue weighted by atomic mass is 16.6. The number of fused-ring (bicyclic) bond motifs is 3. The van der Waals surface area contributed by atoms with Gasteiger partial charge in [-0.25, -0.2) is 4.79 Å². The van der Waals surface area contributed by atoms with Crippen molar-refractivity contribution >= 4 is 33.8 Å². The summed E-state index contributed by atoms with van der Waals surface area (Å²) in [5.41, 5.74) is 2.63. The number of likely N-dealkylation sites (tertiary alicyclic amines) is 1. The lowest BCUT2D eigenvalue weighted by Crippen LogP contribution is -2.36. The number of amides is 2.